The van der Waals surface area contributed by atoms with Crippen LogP contribution in [0.25, 0.3) is 0 Å². The first-order valence-electron chi connectivity index (χ1n) is 12.4. The van der Waals surface area contributed by atoms with Gasteiger partial charge in [-0.2, -0.15) is 0 Å². The fraction of sp³-hybridized carbons (Fsp3) is 0.286. The second kappa shape index (κ2) is 13.9. The van der Waals surface area contributed by atoms with Gasteiger partial charge in [-0.15, -0.1) is 0 Å². The number of carbonyl (C=O) groups excluding carboxylic acids is 2. The smallest absolute Gasteiger partial charge is 0.264 e. The highest BCUT2D eigenvalue weighted by molar-refractivity contribution is 7.92. The van der Waals surface area contributed by atoms with Crippen LogP contribution in [-0.4, -0.2) is 43.8 Å². The number of hydrogen-bond acceptors (Lipinski definition) is 4. The number of rotatable bonds is 11. The second-order valence-corrected chi connectivity index (χ2v) is 12.7. The Hall–Kier alpha value is -2.49. The molecule has 0 saturated heterocycles. The van der Waals surface area contributed by atoms with Crippen LogP contribution < -0.4 is 9.62 Å². The summed E-state index contributed by atoms with van der Waals surface area (Å²) in [7, 11) is -4.27. The Kier molecular flexibility index (Phi) is 11.1. The molecule has 3 aromatic carbocycles. The number of halogens is 4. The lowest BCUT2D eigenvalue weighted by Gasteiger charge is -2.32. The molecule has 0 saturated carbocycles. The van der Waals surface area contributed by atoms with Crippen LogP contribution in [0.15, 0.2) is 71.6 Å². The van der Waals surface area contributed by atoms with E-state index in [1.807, 2.05) is 13.8 Å². The SMILES string of the molecule is CCC(C)NC(=O)C(C)N(Cc1ccc(Cl)c(Cl)c1)C(=O)CN(c1cc(Cl)ccc1Cl)S(=O)(=O)c1ccccc1. The normalized spacial score (nSPS) is 12.9. The van der Waals surface area contributed by atoms with Crippen molar-refractivity contribution in [2.45, 2.75) is 50.7 Å². The fourth-order valence-electron chi connectivity index (χ4n) is 3.79. The molecule has 2 amide bonds. The second-order valence-electron chi connectivity index (χ2n) is 9.18. The van der Waals surface area contributed by atoms with Gasteiger partial charge in [0.1, 0.15) is 12.6 Å². The minimum Gasteiger partial charge on any atom is -0.352 e. The highest BCUT2D eigenvalue weighted by atomic mass is 35.5. The van der Waals surface area contributed by atoms with E-state index in [9.17, 15) is 18.0 Å². The summed E-state index contributed by atoms with van der Waals surface area (Å²) < 4.78 is 28.6. The van der Waals surface area contributed by atoms with Gasteiger partial charge in [-0.1, -0.05) is 77.6 Å². The van der Waals surface area contributed by atoms with Gasteiger partial charge in [0, 0.05) is 17.6 Å². The summed E-state index contributed by atoms with van der Waals surface area (Å²) >= 11 is 24.9. The molecular weight excluding hydrogens is 616 g/mol. The maximum atomic E-state index is 14.0. The lowest BCUT2D eigenvalue weighted by molar-refractivity contribution is -0.139. The number of amides is 2. The van der Waals surface area contributed by atoms with E-state index in [0.717, 1.165) is 4.31 Å². The average molecular weight is 645 g/mol. The molecule has 0 bridgehead atoms. The van der Waals surface area contributed by atoms with E-state index >= 15 is 0 Å². The van der Waals surface area contributed by atoms with E-state index in [-0.39, 0.29) is 44.1 Å². The van der Waals surface area contributed by atoms with E-state index in [1.165, 1.54) is 35.2 Å². The molecule has 1 N–H and O–H groups in total. The van der Waals surface area contributed by atoms with Gasteiger partial charge in [-0.05, 0) is 68.3 Å². The van der Waals surface area contributed by atoms with E-state index < -0.39 is 28.5 Å². The Morgan fingerprint density at radius 2 is 1.52 bits per heavy atom. The third-order valence-corrected chi connectivity index (χ3v) is 9.36. The molecule has 214 valence electrons. The van der Waals surface area contributed by atoms with Gasteiger partial charge in [0.15, 0.2) is 0 Å². The molecule has 40 heavy (non-hydrogen) atoms. The fourth-order valence-corrected chi connectivity index (χ4v) is 6.00. The van der Waals surface area contributed by atoms with Crippen LogP contribution in [0, 0.1) is 0 Å². The summed E-state index contributed by atoms with van der Waals surface area (Å²) in [6.45, 7) is 4.67. The van der Waals surface area contributed by atoms with Crippen LogP contribution in [0.2, 0.25) is 20.1 Å². The summed E-state index contributed by atoms with van der Waals surface area (Å²) in [6, 6.07) is 15.8. The Morgan fingerprint density at radius 1 is 0.875 bits per heavy atom. The first kappa shape index (κ1) is 32.0. The van der Waals surface area contributed by atoms with Crippen LogP contribution >= 0.6 is 46.4 Å². The largest absolute Gasteiger partial charge is 0.352 e. The molecule has 2 atom stereocenters. The molecule has 0 heterocycles. The molecule has 0 aliphatic rings. The van der Waals surface area contributed by atoms with Gasteiger partial charge >= 0.3 is 0 Å². The Balaban J connectivity index is 2.07. The molecule has 2 unspecified atom stereocenters. The Morgan fingerprint density at radius 3 is 2.15 bits per heavy atom. The van der Waals surface area contributed by atoms with Crippen molar-refractivity contribution in [2.75, 3.05) is 10.8 Å². The number of sulfonamides is 1. The number of anilines is 1. The molecule has 0 spiro atoms. The number of benzene rings is 3. The molecule has 0 fully saturated rings. The van der Waals surface area contributed by atoms with E-state index in [4.69, 9.17) is 46.4 Å². The topological polar surface area (TPSA) is 86.8 Å². The summed E-state index contributed by atoms with van der Waals surface area (Å²) in [4.78, 5) is 28.3. The van der Waals surface area contributed by atoms with Crippen molar-refractivity contribution in [2.24, 2.45) is 0 Å². The zero-order chi connectivity index (χ0) is 29.6. The summed E-state index contributed by atoms with van der Waals surface area (Å²) in [5.41, 5.74) is 0.627. The molecule has 0 aromatic heterocycles. The van der Waals surface area contributed by atoms with E-state index in [0.29, 0.717) is 17.0 Å². The summed E-state index contributed by atoms with van der Waals surface area (Å²) in [5, 5.41) is 3.80. The predicted molar refractivity (Wildman–Crippen MR) is 162 cm³/mol. The maximum Gasteiger partial charge on any atom is 0.264 e. The minimum absolute atomic E-state index is 0.0255. The Labute approximate surface area is 255 Å². The van der Waals surface area contributed by atoms with Crippen molar-refractivity contribution in [3.8, 4) is 0 Å². The third kappa shape index (κ3) is 7.83. The molecule has 0 aliphatic heterocycles. The van der Waals surface area contributed by atoms with Gasteiger partial charge in [0.05, 0.1) is 25.7 Å². The highest BCUT2D eigenvalue weighted by Gasteiger charge is 2.33. The maximum absolute atomic E-state index is 14.0. The van der Waals surface area contributed by atoms with Crippen molar-refractivity contribution >= 4 is 73.9 Å². The van der Waals surface area contributed by atoms with Gasteiger partial charge in [-0.25, -0.2) is 8.42 Å². The number of nitrogens with zero attached hydrogens (tertiary/aromatic N) is 2. The molecule has 7 nitrogen and oxygen atoms in total. The van der Waals surface area contributed by atoms with Crippen molar-refractivity contribution in [1.29, 1.82) is 0 Å². The third-order valence-electron chi connectivity index (χ3n) is 6.29. The van der Waals surface area contributed by atoms with Gasteiger partial charge in [0.2, 0.25) is 11.8 Å². The molecule has 3 rings (SSSR count). The summed E-state index contributed by atoms with van der Waals surface area (Å²) in [5.74, 6) is -1.03. The first-order chi connectivity index (χ1) is 18.8. The first-order valence-corrected chi connectivity index (χ1v) is 15.4. The summed E-state index contributed by atoms with van der Waals surface area (Å²) in [6.07, 6.45) is 0.690. The quantitative estimate of drug-likeness (QED) is 0.248. The zero-order valence-corrected chi connectivity index (χ0v) is 25.9. The standard InChI is InChI=1S/C28H29Cl4N3O4S/c1-4-18(2)33-28(37)19(3)34(16-20-10-12-23(30)25(32)14-20)27(36)17-35(26-15-21(29)11-13-24(26)31)40(38,39)22-8-6-5-7-9-22/h5-15,18-19H,4,16-17H2,1-3H3,(H,33,37). The number of carbonyl (C=O) groups is 2. The monoisotopic (exact) mass is 643 g/mol. The van der Waals surface area contributed by atoms with Crippen LogP contribution in [0.1, 0.15) is 32.8 Å². The average Bonchev–Trinajstić information content (AvgIpc) is 2.93. The molecule has 0 radical (unpaired) electrons. The zero-order valence-electron chi connectivity index (χ0n) is 22.1. The van der Waals surface area contributed by atoms with Gasteiger partial charge < -0.3 is 10.2 Å². The predicted octanol–water partition coefficient (Wildman–Crippen LogP) is 6.83. The van der Waals surface area contributed by atoms with Gasteiger partial charge in [-0.3, -0.25) is 13.9 Å². The highest BCUT2D eigenvalue weighted by Crippen LogP contribution is 2.33. The lowest BCUT2D eigenvalue weighted by Crippen LogP contribution is -2.52. The molecule has 12 heteroatoms. The van der Waals surface area contributed by atoms with Crippen LogP contribution in [0.5, 0.6) is 0 Å². The molecule has 0 aliphatic carbocycles. The van der Waals surface area contributed by atoms with Crippen molar-refractivity contribution in [3.63, 3.8) is 0 Å². The number of nitrogens with one attached hydrogen (secondary N) is 1. The minimum atomic E-state index is -4.27. The van der Waals surface area contributed by atoms with Crippen molar-refractivity contribution in [1.82, 2.24) is 10.2 Å². The van der Waals surface area contributed by atoms with Crippen molar-refractivity contribution in [3.05, 3.63) is 92.4 Å². The van der Waals surface area contributed by atoms with E-state index in [2.05, 4.69) is 5.32 Å². The van der Waals surface area contributed by atoms with Crippen LogP contribution in [0.4, 0.5) is 5.69 Å². The van der Waals surface area contributed by atoms with E-state index in [1.54, 1.807) is 43.3 Å². The lowest BCUT2D eigenvalue weighted by atomic mass is 10.1. The van der Waals surface area contributed by atoms with Crippen LogP contribution in [-0.2, 0) is 26.2 Å². The molecule has 3 aromatic rings. The Bertz CT molecular complexity index is 1470. The number of hydrogen-bond donors (Lipinski definition) is 1. The van der Waals surface area contributed by atoms with Gasteiger partial charge in [0.25, 0.3) is 10.0 Å². The van der Waals surface area contributed by atoms with Crippen LogP contribution in [0.3, 0.4) is 0 Å². The van der Waals surface area contributed by atoms with Crippen molar-refractivity contribution < 1.29 is 18.0 Å². The molecular formula is C28H29Cl4N3O4S.